The SMILES string of the molecule is CCCn1ccnc1C(=O)C1CCC(C(C)C)CC1. The molecule has 1 heterocycles. The van der Waals surface area contributed by atoms with Gasteiger partial charge in [-0.3, -0.25) is 4.79 Å². The first-order valence-electron chi connectivity index (χ1n) is 7.68. The molecule has 0 radical (unpaired) electrons. The van der Waals surface area contributed by atoms with Crippen molar-refractivity contribution >= 4 is 5.78 Å². The number of hydrogen-bond donors (Lipinski definition) is 0. The first kappa shape index (κ1) is 14.3. The van der Waals surface area contributed by atoms with Crippen LogP contribution in [0.3, 0.4) is 0 Å². The van der Waals surface area contributed by atoms with Crippen molar-refractivity contribution in [2.75, 3.05) is 0 Å². The van der Waals surface area contributed by atoms with Gasteiger partial charge in [0.1, 0.15) is 0 Å². The molecule has 0 aromatic carbocycles. The van der Waals surface area contributed by atoms with Crippen molar-refractivity contribution in [1.82, 2.24) is 9.55 Å². The van der Waals surface area contributed by atoms with E-state index in [1.807, 2.05) is 10.8 Å². The zero-order valence-electron chi connectivity index (χ0n) is 12.4. The Morgan fingerprint density at radius 3 is 2.63 bits per heavy atom. The summed E-state index contributed by atoms with van der Waals surface area (Å²) in [4.78, 5) is 16.8. The quantitative estimate of drug-likeness (QED) is 0.753. The predicted octanol–water partition coefficient (Wildman–Crippen LogP) is 3.94. The Hall–Kier alpha value is -1.12. The van der Waals surface area contributed by atoms with Gasteiger partial charge in [0.25, 0.3) is 0 Å². The molecule has 1 aliphatic carbocycles. The molecule has 1 fully saturated rings. The van der Waals surface area contributed by atoms with Gasteiger partial charge in [0, 0.05) is 24.9 Å². The van der Waals surface area contributed by atoms with Gasteiger partial charge in [-0.15, -0.1) is 0 Å². The maximum atomic E-state index is 12.5. The third kappa shape index (κ3) is 3.26. The number of nitrogens with zero attached hydrogens (tertiary/aromatic N) is 2. The minimum Gasteiger partial charge on any atom is -0.329 e. The van der Waals surface area contributed by atoms with Crippen LogP contribution in [0.25, 0.3) is 0 Å². The van der Waals surface area contributed by atoms with E-state index in [1.54, 1.807) is 6.20 Å². The number of aromatic nitrogens is 2. The van der Waals surface area contributed by atoms with Gasteiger partial charge in [-0.25, -0.2) is 4.98 Å². The number of carbonyl (C=O) groups excluding carboxylic acids is 1. The highest BCUT2D eigenvalue weighted by Crippen LogP contribution is 2.34. The lowest BCUT2D eigenvalue weighted by molar-refractivity contribution is 0.0843. The molecule has 2 rings (SSSR count). The van der Waals surface area contributed by atoms with Crippen molar-refractivity contribution < 1.29 is 4.79 Å². The van der Waals surface area contributed by atoms with Gasteiger partial charge in [0.05, 0.1) is 0 Å². The van der Waals surface area contributed by atoms with E-state index >= 15 is 0 Å². The molecular formula is C16H26N2O. The fourth-order valence-electron chi connectivity index (χ4n) is 3.19. The summed E-state index contributed by atoms with van der Waals surface area (Å²) in [5.74, 6) is 2.70. The Morgan fingerprint density at radius 2 is 2.05 bits per heavy atom. The number of aryl methyl sites for hydroxylation is 1. The molecule has 0 spiro atoms. The molecule has 0 bridgehead atoms. The van der Waals surface area contributed by atoms with E-state index in [2.05, 4.69) is 25.8 Å². The first-order chi connectivity index (χ1) is 9.13. The average molecular weight is 262 g/mol. The van der Waals surface area contributed by atoms with Crippen LogP contribution in [0.2, 0.25) is 0 Å². The number of hydrogen-bond acceptors (Lipinski definition) is 2. The third-order valence-corrected chi connectivity index (χ3v) is 4.49. The standard InChI is InChI=1S/C16H26N2O/c1-4-10-18-11-9-17-16(18)15(19)14-7-5-13(6-8-14)12(2)3/h9,11-14H,4-8,10H2,1-3H3. The summed E-state index contributed by atoms with van der Waals surface area (Å²) >= 11 is 0. The summed E-state index contributed by atoms with van der Waals surface area (Å²) in [6.07, 6.45) is 9.20. The zero-order valence-corrected chi connectivity index (χ0v) is 12.4. The molecule has 3 nitrogen and oxygen atoms in total. The Labute approximate surface area is 116 Å². The second-order valence-corrected chi connectivity index (χ2v) is 6.16. The lowest BCUT2D eigenvalue weighted by atomic mass is 9.75. The molecule has 0 unspecified atom stereocenters. The van der Waals surface area contributed by atoms with Gasteiger partial charge >= 0.3 is 0 Å². The fraction of sp³-hybridized carbons (Fsp3) is 0.750. The highest BCUT2D eigenvalue weighted by Gasteiger charge is 2.30. The van der Waals surface area contributed by atoms with Crippen LogP contribution in [-0.2, 0) is 6.54 Å². The molecule has 1 aliphatic rings. The van der Waals surface area contributed by atoms with E-state index in [1.165, 1.54) is 12.8 Å². The number of Topliss-reactive ketones (excluding diaryl/α,β-unsaturated/α-hetero) is 1. The van der Waals surface area contributed by atoms with E-state index in [4.69, 9.17) is 0 Å². The second kappa shape index (κ2) is 6.36. The van der Waals surface area contributed by atoms with E-state index in [-0.39, 0.29) is 11.7 Å². The first-order valence-corrected chi connectivity index (χ1v) is 7.68. The minimum absolute atomic E-state index is 0.202. The smallest absolute Gasteiger partial charge is 0.201 e. The van der Waals surface area contributed by atoms with Crippen LogP contribution in [0.15, 0.2) is 12.4 Å². The lowest BCUT2D eigenvalue weighted by Crippen LogP contribution is -2.26. The van der Waals surface area contributed by atoms with Gasteiger partial charge in [0.15, 0.2) is 5.82 Å². The molecule has 19 heavy (non-hydrogen) atoms. The van der Waals surface area contributed by atoms with Crippen LogP contribution < -0.4 is 0 Å². The number of rotatable bonds is 5. The van der Waals surface area contributed by atoms with Crippen LogP contribution in [0.4, 0.5) is 0 Å². The summed E-state index contributed by atoms with van der Waals surface area (Å²) in [5, 5.41) is 0. The second-order valence-electron chi connectivity index (χ2n) is 6.16. The number of imidazole rings is 1. The van der Waals surface area contributed by atoms with Crippen molar-refractivity contribution in [2.24, 2.45) is 17.8 Å². The topological polar surface area (TPSA) is 34.9 Å². The largest absolute Gasteiger partial charge is 0.329 e. The Balaban J connectivity index is 1.99. The molecule has 0 atom stereocenters. The summed E-state index contributed by atoms with van der Waals surface area (Å²) in [5.41, 5.74) is 0. The predicted molar refractivity (Wildman–Crippen MR) is 77.1 cm³/mol. The normalized spacial score (nSPS) is 23.8. The van der Waals surface area contributed by atoms with Crippen molar-refractivity contribution in [1.29, 1.82) is 0 Å². The molecule has 1 saturated carbocycles. The Kier molecular flexibility index (Phi) is 4.78. The molecule has 106 valence electrons. The summed E-state index contributed by atoms with van der Waals surface area (Å²) in [7, 11) is 0. The summed E-state index contributed by atoms with van der Waals surface area (Å²) in [6.45, 7) is 7.60. The minimum atomic E-state index is 0.202. The Bertz CT molecular complexity index is 414. The van der Waals surface area contributed by atoms with E-state index < -0.39 is 0 Å². The van der Waals surface area contributed by atoms with E-state index in [9.17, 15) is 4.79 Å². The molecule has 0 saturated heterocycles. The molecule has 1 aromatic rings. The number of ketones is 1. The van der Waals surface area contributed by atoms with Crippen molar-refractivity contribution in [3.05, 3.63) is 18.2 Å². The average Bonchev–Trinajstić information content (AvgIpc) is 2.87. The van der Waals surface area contributed by atoms with Gasteiger partial charge in [-0.2, -0.15) is 0 Å². The maximum absolute atomic E-state index is 12.5. The van der Waals surface area contributed by atoms with Crippen LogP contribution in [0, 0.1) is 17.8 Å². The highest BCUT2D eigenvalue weighted by atomic mass is 16.1. The molecule has 0 amide bonds. The van der Waals surface area contributed by atoms with Gasteiger partial charge in [-0.1, -0.05) is 20.8 Å². The lowest BCUT2D eigenvalue weighted by Gasteiger charge is -2.29. The van der Waals surface area contributed by atoms with Gasteiger partial charge in [-0.05, 0) is 43.9 Å². The van der Waals surface area contributed by atoms with E-state index in [0.29, 0.717) is 5.82 Å². The monoisotopic (exact) mass is 262 g/mol. The van der Waals surface area contributed by atoms with Crippen LogP contribution in [-0.4, -0.2) is 15.3 Å². The van der Waals surface area contributed by atoms with Crippen molar-refractivity contribution in [2.45, 2.75) is 59.4 Å². The van der Waals surface area contributed by atoms with Crippen LogP contribution >= 0.6 is 0 Å². The highest BCUT2D eigenvalue weighted by molar-refractivity contribution is 5.94. The van der Waals surface area contributed by atoms with Crippen LogP contribution in [0.5, 0.6) is 0 Å². The molecular weight excluding hydrogens is 236 g/mol. The van der Waals surface area contributed by atoms with Gasteiger partial charge in [0.2, 0.25) is 5.78 Å². The zero-order chi connectivity index (χ0) is 13.8. The van der Waals surface area contributed by atoms with Crippen molar-refractivity contribution in [3.8, 4) is 0 Å². The Morgan fingerprint density at radius 1 is 1.37 bits per heavy atom. The summed E-state index contributed by atoms with van der Waals surface area (Å²) in [6, 6.07) is 0. The summed E-state index contributed by atoms with van der Waals surface area (Å²) < 4.78 is 2.01. The van der Waals surface area contributed by atoms with E-state index in [0.717, 1.165) is 37.6 Å². The maximum Gasteiger partial charge on any atom is 0.201 e. The molecule has 3 heteroatoms. The molecule has 0 aliphatic heterocycles. The molecule has 0 N–H and O–H groups in total. The number of carbonyl (C=O) groups is 1. The van der Waals surface area contributed by atoms with Crippen molar-refractivity contribution in [3.63, 3.8) is 0 Å². The van der Waals surface area contributed by atoms with Crippen LogP contribution in [0.1, 0.15) is 63.5 Å². The molecule has 1 aromatic heterocycles. The van der Waals surface area contributed by atoms with Gasteiger partial charge < -0.3 is 4.57 Å². The fourth-order valence-corrected chi connectivity index (χ4v) is 3.19. The third-order valence-electron chi connectivity index (χ3n) is 4.49.